The minimum atomic E-state index is -4.10. The Balaban J connectivity index is 0.00000441. The number of nitrogens with one attached hydrogen (secondary N) is 1. The SMILES string of the molecule is COc1ncnc(OC)c1-n1c(CCCCO)nnc1NS(=O)(=O)[C@H]1C[C@@H](OC)CN(c2ncc(F)cn2)C1.[HH]. The van der Waals surface area contributed by atoms with Gasteiger partial charge < -0.3 is 24.2 Å². The zero-order valence-electron chi connectivity index (χ0n) is 21.7. The lowest BCUT2D eigenvalue weighted by atomic mass is 10.1. The molecule has 0 aromatic carbocycles. The third kappa shape index (κ3) is 6.31. The number of hydrogen-bond acceptors (Lipinski definition) is 13. The summed E-state index contributed by atoms with van der Waals surface area (Å²) in [5.74, 6) is 0.0692. The van der Waals surface area contributed by atoms with Crippen molar-refractivity contribution in [1.29, 1.82) is 0 Å². The molecule has 3 aromatic rings. The normalized spacial score (nSPS) is 17.7. The van der Waals surface area contributed by atoms with E-state index in [1.54, 1.807) is 4.90 Å². The molecule has 0 unspecified atom stereocenters. The first-order valence-corrected chi connectivity index (χ1v) is 13.6. The molecule has 1 saturated heterocycles. The van der Waals surface area contributed by atoms with Crippen LogP contribution in [0.25, 0.3) is 5.69 Å². The van der Waals surface area contributed by atoms with Crippen LogP contribution in [-0.4, -0.2) is 101 Å². The predicted octanol–water partition coefficient (Wildman–Crippen LogP) is 0.600. The van der Waals surface area contributed by atoms with Crippen LogP contribution in [0.1, 0.15) is 26.5 Å². The van der Waals surface area contributed by atoms with Crippen LogP contribution in [0.4, 0.5) is 16.3 Å². The number of methoxy groups -OCH3 is 3. The molecule has 4 heterocycles. The van der Waals surface area contributed by atoms with Gasteiger partial charge in [-0.05, 0) is 19.3 Å². The van der Waals surface area contributed by atoms with Gasteiger partial charge in [-0.3, -0.25) is 9.29 Å². The lowest BCUT2D eigenvalue weighted by molar-refractivity contribution is 0.0898. The topological polar surface area (TPSA) is 180 Å². The molecule has 0 aliphatic carbocycles. The molecule has 0 amide bonds. The van der Waals surface area contributed by atoms with E-state index >= 15 is 0 Å². The Morgan fingerprint density at radius 3 is 2.38 bits per heavy atom. The number of unbranched alkanes of at least 4 members (excludes halogenated alkanes) is 1. The summed E-state index contributed by atoms with van der Waals surface area (Å²) in [5, 5.41) is 16.6. The van der Waals surface area contributed by atoms with Gasteiger partial charge in [-0.15, -0.1) is 10.2 Å². The molecule has 1 aliphatic heterocycles. The van der Waals surface area contributed by atoms with Gasteiger partial charge in [0.1, 0.15) is 17.4 Å². The second-order valence-corrected chi connectivity index (χ2v) is 10.6. The summed E-state index contributed by atoms with van der Waals surface area (Å²) < 4.78 is 61.1. The molecule has 15 nitrogen and oxygen atoms in total. The molecule has 0 spiro atoms. The maximum absolute atomic E-state index is 13.7. The van der Waals surface area contributed by atoms with Crippen LogP contribution in [0.5, 0.6) is 11.8 Å². The fourth-order valence-corrected chi connectivity index (χ4v) is 5.66. The van der Waals surface area contributed by atoms with Gasteiger partial charge in [0, 0.05) is 34.7 Å². The third-order valence-corrected chi connectivity index (χ3v) is 7.86. The lowest BCUT2D eigenvalue weighted by Crippen LogP contribution is -2.51. The smallest absolute Gasteiger partial charge is 0.245 e. The quantitative estimate of drug-likeness (QED) is 0.290. The number of sulfonamides is 1. The van der Waals surface area contributed by atoms with E-state index in [0.29, 0.717) is 31.6 Å². The molecular weight excluding hydrogens is 537 g/mol. The third-order valence-electron chi connectivity index (χ3n) is 6.17. The average Bonchev–Trinajstić information content (AvgIpc) is 3.33. The molecule has 1 aliphatic rings. The first-order chi connectivity index (χ1) is 18.8. The summed E-state index contributed by atoms with van der Waals surface area (Å²) in [7, 11) is 0.202. The van der Waals surface area contributed by atoms with Crippen LogP contribution in [0, 0.1) is 5.82 Å². The fraction of sp³-hybridized carbons (Fsp3) is 0.545. The van der Waals surface area contributed by atoms with Crippen molar-refractivity contribution in [3.8, 4) is 17.4 Å². The molecule has 2 N–H and O–H groups in total. The van der Waals surface area contributed by atoms with Crippen LogP contribution in [-0.2, 0) is 21.2 Å². The van der Waals surface area contributed by atoms with E-state index in [4.69, 9.17) is 14.2 Å². The van der Waals surface area contributed by atoms with Gasteiger partial charge in [0.2, 0.25) is 33.7 Å². The first-order valence-electron chi connectivity index (χ1n) is 12.1. The predicted molar refractivity (Wildman–Crippen MR) is 138 cm³/mol. The van der Waals surface area contributed by atoms with Gasteiger partial charge >= 0.3 is 0 Å². The van der Waals surface area contributed by atoms with E-state index in [0.717, 1.165) is 12.4 Å². The van der Waals surface area contributed by atoms with Gasteiger partial charge in [0.05, 0.1) is 32.7 Å². The summed E-state index contributed by atoms with van der Waals surface area (Å²) in [6.07, 6.45) is 4.44. The molecule has 0 bridgehead atoms. The number of aromatic nitrogens is 7. The molecular formula is C22H32FN9O6S. The molecule has 0 saturated carbocycles. The minimum absolute atomic E-state index is 0. The Kier molecular flexibility index (Phi) is 9.03. The number of ether oxygens (including phenoxy) is 3. The van der Waals surface area contributed by atoms with Gasteiger partial charge in [-0.2, -0.15) is 9.97 Å². The maximum Gasteiger partial charge on any atom is 0.245 e. The molecule has 3 aromatic heterocycles. The Labute approximate surface area is 225 Å². The van der Waals surface area contributed by atoms with Crippen molar-refractivity contribution in [3.05, 3.63) is 30.4 Å². The van der Waals surface area contributed by atoms with Gasteiger partial charge in [-0.1, -0.05) is 0 Å². The summed E-state index contributed by atoms with van der Waals surface area (Å²) in [6.45, 7) is 0.347. The average molecular weight is 570 g/mol. The summed E-state index contributed by atoms with van der Waals surface area (Å²) in [6, 6.07) is 0. The number of piperidine rings is 1. The molecule has 214 valence electrons. The summed E-state index contributed by atoms with van der Waals surface area (Å²) in [5.41, 5.74) is 0.212. The van der Waals surface area contributed by atoms with Crippen LogP contribution in [0.3, 0.4) is 0 Å². The van der Waals surface area contributed by atoms with E-state index in [-0.39, 0.29) is 50.3 Å². The molecule has 1 fully saturated rings. The second-order valence-electron chi connectivity index (χ2n) is 8.67. The number of halogens is 1. The van der Waals surface area contributed by atoms with Crippen molar-refractivity contribution in [1.82, 2.24) is 34.7 Å². The number of aliphatic hydroxyl groups excluding tert-OH is 1. The van der Waals surface area contributed by atoms with E-state index in [1.807, 2.05) is 0 Å². The van der Waals surface area contributed by atoms with Gasteiger partial charge in [0.15, 0.2) is 11.5 Å². The Morgan fingerprint density at radius 1 is 1.08 bits per heavy atom. The number of nitrogens with zero attached hydrogens (tertiary/aromatic N) is 8. The van der Waals surface area contributed by atoms with Crippen LogP contribution >= 0.6 is 0 Å². The highest BCUT2D eigenvalue weighted by Crippen LogP contribution is 2.33. The zero-order chi connectivity index (χ0) is 28.0. The minimum Gasteiger partial charge on any atom is -0.479 e. The molecule has 17 heteroatoms. The van der Waals surface area contributed by atoms with E-state index in [2.05, 4.69) is 34.9 Å². The molecule has 0 radical (unpaired) electrons. The lowest BCUT2D eigenvalue weighted by Gasteiger charge is -2.36. The summed E-state index contributed by atoms with van der Waals surface area (Å²) >= 11 is 0. The number of rotatable bonds is 12. The molecule has 4 rings (SSSR count). The molecule has 2 atom stereocenters. The monoisotopic (exact) mass is 569 g/mol. The number of hydrogen-bond donors (Lipinski definition) is 2. The van der Waals surface area contributed by atoms with Gasteiger partial charge in [-0.25, -0.2) is 22.8 Å². The second kappa shape index (κ2) is 12.4. The number of anilines is 2. The van der Waals surface area contributed by atoms with E-state index in [9.17, 15) is 17.9 Å². The highest BCUT2D eigenvalue weighted by atomic mass is 32.2. The fourth-order valence-electron chi connectivity index (χ4n) is 4.26. The maximum atomic E-state index is 13.7. The Bertz CT molecular complexity index is 1340. The van der Waals surface area contributed by atoms with Crippen molar-refractivity contribution in [2.45, 2.75) is 37.0 Å². The standard InChI is InChI=1S/C22H30FN9O6S.H2/c1-36-15-8-16(12-31(11-15)21-24-9-14(23)10-25-21)39(34,35)30-22-29-28-17(6-4-5-7-33)32(22)18-19(37-2)26-13-27-20(18)38-3;/h9-10,13,15-16,33H,4-8,11-12H2,1-3H3,(H,29,30);1H/t15-,16+;/m1./s1. The number of aliphatic hydroxyl groups is 1. The van der Waals surface area contributed by atoms with Crippen molar-refractivity contribution < 1.29 is 33.6 Å². The first kappa shape index (κ1) is 28.3. The van der Waals surface area contributed by atoms with Crippen LogP contribution in [0.15, 0.2) is 18.7 Å². The Hall–Kier alpha value is -3.70. The van der Waals surface area contributed by atoms with Crippen LogP contribution in [0.2, 0.25) is 0 Å². The van der Waals surface area contributed by atoms with Crippen molar-refractivity contribution in [2.24, 2.45) is 0 Å². The van der Waals surface area contributed by atoms with Crippen molar-refractivity contribution >= 4 is 21.9 Å². The zero-order valence-corrected chi connectivity index (χ0v) is 22.5. The van der Waals surface area contributed by atoms with Crippen molar-refractivity contribution in [2.75, 3.05) is 50.6 Å². The van der Waals surface area contributed by atoms with Crippen molar-refractivity contribution in [3.63, 3.8) is 0 Å². The van der Waals surface area contributed by atoms with Crippen LogP contribution < -0.4 is 19.1 Å². The highest BCUT2D eigenvalue weighted by Gasteiger charge is 2.38. The van der Waals surface area contributed by atoms with Gasteiger partial charge in [0.25, 0.3) is 0 Å². The Morgan fingerprint density at radius 2 is 1.77 bits per heavy atom. The highest BCUT2D eigenvalue weighted by molar-refractivity contribution is 7.93. The van der Waals surface area contributed by atoms with E-state index < -0.39 is 27.2 Å². The summed E-state index contributed by atoms with van der Waals surface area (Å²) in [4.78, 5) is 17.9. The van der Waals surface area contributed by atoms with E-state index in [1.165, 1.54) is 32.2 Å². The molecule has 39 heavy (non-hydrogen) atoms. The largest absolute Gasteiger partial charge is 0.479 e. The number of aryl methyl sites for hydroxylation is 1.